The molecule has 18 heavy (non-hydrogen) atoms. The summed E-state index contributed by atoms with van der Waals surface area (Å²) >= 11 is 0. The predicted octanol–water partition coefficient (Wildman–Crippen LogP) is 3.53. The molecule has 1 aromatic carbocycles. The molecule has 1 aromatic rings. The van der Waals surface area contributed by atoms with Crippen LogP contribution < -0.4 is 5.32 Å². The maximum absolute atomic E-state index is 3.67. The minimum absolute atomic E-state index is 0.633. The molecule has 1 heterocycles. The third kappa shape index (κ3) is 3.49. The highest BCUT2D eigenvalue weighted by Crippen LogP contribution is 2.20. The van der Waals surface area contributed by atoms with Crippen molar-refractivity contribution >= 4 is 5.69 Å². The van der Waals surface area contributed by atoms with Crippen LogP contribution in [0.25, 0.3) is 0 Å². The summed E-state index contributed by atoms with van der Waals surface area (Å²) in [5, 5.41) is 3.67. The molecule has 2 heteroatoms. The van der Waals surface area contributed by atoms with E-state index in [-0.39, 0.29) is 0 Å². The third-order valence-electron chi connectivity index (χ3n) is 4.07. The van der Waals surface area contributed by atoms with E-state index in [1.54, 1.807) is 0 Å². The molecule has 0 spiro atoms. The molecule has 1 N–H and O–H groups in total. The number of anilines is 1. The van der Waals surface area contributed by atoms with Crippen molar-refractivity contribution in [2.75, 3.05) is 18.9 Å². The minimum atomic E-state index is 0.633. The largest absolute Gasteiger partial charge is 0.382 e. The molecule has 0 aromatic heterocycles. The summed E-state index contributed by atoms with van der Waals surface area (Å²) in [4.78, 5) is 2.45. The van der Waals surface area contributed by atoms with Gasteiger partial charge in [0.25, 0.3) is 0 Å². The van der Waals surface area contributed by atoms with Crippen molar-refractivity contribution in [1.82, 2.24) is 4.90 Å². The van der Waals surface area contributed by atoms with Gasteiger partial charge in [0.05, 0.1) is 0 Å². The van der Waals surface area contributed by atoms with E-state index in [0.29, 0.717) is 12.1 Å². The maximum atomic E-state index is 3.67. The van der Waals surface area contributed by atoms with Crippen LogP contribution in [0.2, 0.25) is 0 Å². The van der Waals surface area contributed by atoms with Gasteiger partial charge < -0.3 is 10.2 Å². The summed E-state index contributed by atoms with van der Waals surface area (Å²) in [6, 6.07) is 10.3. The summed E-state index contributed by atoms with van der Waals surface area (Å²) in [7, 11) is 2.22. The molecule has 0 saturated carbocycles. The number of aryl methyl sites for hydroxylation is 1. The number of hydrogen-bond acceptors (Lipinski definition) is 2. The fourth-order valence-electron chi connectivity index (χ4n) is 2.71. The van der Waals surface area contributed by atoms with Crippen molar-refractivity contribution in [3.8, 4) is 0 Å². The average molecular weight is 246 g/mol. The first-order valence-corrected chi connectivity index (χ1v) is 7.24. The molecule has 2 nitrogen and oxygen atoms in total. The Bertz CT molecular complexity index is 358. The summed E-state index contributed by atoms with van der Waals surface area (Å²) in [5.74, 6) is 0. The SMILES string of the molecule is CCCc1ccc(NC2CCN(C)C(C)C2)cc1. The van der Waals surface area contributed by atoms with Crippen LogP contribution in [0, 0.1) is 0 Å². The molecule has 1 fully saturated rings. The molecule has 100 valence electrons. The Hall–Kier alpha value is -1.02. The van der Waals surface area contributed by atoms with Crippen molar-refractivity contribution in [2.45, 2.75) is 51.6 Å². The first kappa shape index (κ1) is 13.4. The lowest BCUT2D eigenvalue weighted by Gasteiger charge is -2.35. The second kappa shape index (κ2) is 6.24. The summed E-state index contributed by atoms with van der Waals surface area (Å²) in [5.41, 5.74) is 2.72. The van der Waals surface area contributed by atoms with Gasteiger partial charge in [-0.25, -0.2) is 0 Å². The van der Waals surface area contributed by atoms with Gasteiger partial charge in [0.15, 0.2) is 0 Å². The van der Waals surface area contributed by atoms with Gasteiger partial charge in [-0.05, 0) is 50.9 Å². The van der Waals surface area contributed by atoms with E-state index in [2.05, 4.69) is 55.4 Å². The standard InChI is InChI=1S/C16H26N2/c1-4-5-14-6-8-15(9-7-14)17-16-10-11-18(3)13(2)12-16/h6-9,13,16-17H,4-5,10-12H2,1-3H3. The van der Waals surface area contributed by atoms with Crippen LogP contribution in [-0.4, -0.2) is 30.6 Å². The lowest BCUT2D eigenvalue weighted by molar-refractivity contribution is 0.190. The molecule has 0 amide bonds. The Morgan fingerprint density at radius 2 is 2.00 bits per heavy atom. The Balaban J connectivity index is 1.89. The molecule has 1 aliphatic heterocycles. The number of rotatable bonds is 4. The Labute approximate surface area is 111 Å². The molecule has 1 aliphatic rings. The zero-order valence-corrected chi connectivity index (χ0v) is 11.9. The van der Waals surface area contributed by atoms with Crippen molar-refractivity contribution in [3.05, 3.63) is 29.8 Å². The smallest absolute Gasteiger partial charge is 0.0342 e. The quantitative estimate of drug-likeness (QED) is 0.874. The zero-order valence-electron chi connectivity index (χ0n) is 11.9. The maximum Gasteiger partial charge on any atom is 0.0342 e. The van der Waals surface area contributed by atoms with E-state index in [1.807, 2.05) is 0 Å². The van der Waals surface area contributed by atoms with Gasteiger partial charge in [-0.15, -0.1) is 0 Å². The van der Waals surface area contributed by atoms with Crippen molar-refractivity contribution in [3.63, 3.8) is 0 Å². The van der Waals surface area contributed by atoms with Gasteiger partial charge >= 0.3 is 0 Å². The topological polar surface area (TPSA) is 15.3 Å². The van der Waals surface area contributed by atoms with Gasteiger partial charge in [0, 0.05) is 24.3 Å². The number of nitrogens with one attached hydrogen (secondary N) is 1. The fourth-order valence-corrected chi connectivity index (χ4v) is 2.71. The van der Waals surface area contributed by atoms with Crippen LogP contribution >= 0.6 is 0 Å². The van der Waals surface area contributed by atoms with Crippen LogP contribution in [0.15, 0.2) is 24.3 Å². The number of likely N-dealkylation sites (tertiary alicyclic amines) is 1. The first-order valence-electron chi connectivity index (χ1n) is 7.24. The monoisotopic (exact) mass is 246 g/mol. The first-order chi connectivity index (χ1) is 8.69. The summed E-state index contributed by atoms with van der Waals surface area (Å²) in [6.45, 7) is 5.75. The highest BCUT2D eigenvalue weighted by Gasteiger charge is 2.22. The normalized spacial score (nSPS) is 25.1. The minimum Gasteiger partial charge on any atom is -0.382 e. The van der Waals surface area contributed by atoms with Crippen LogP contribution in [0.4, 0.5) is 5.69 Å². The van der Waals surface area contributed by atoms with E-state index in [4.69, 9.17) is 0 Å². The van der Waals surface area contributed by atoms with E-state index in [1.165, 1.54) is 43.5 Å². The zero-order chi connectivity index (χ0) is 13.0. The van der Waals surface area contributed by atoms with Crippen LogP contribution in [0.1, 0.15) is 38.7 Å². The van der Waals surface area contributed by atoms with Crippen LogP contribution in [0.3, 0.4) is 0 Å². The van der Waals surface area contributed by atoms with Gasteiger partial charge in [0.1, 0.15) is 0 Å². The molecular weight excluding hydrogens is 220 g/mol. The fraction of sp³-hybridized carbons (Fsp3) is 0.625. The van der Waals surface area contributed by atoms with Crippen LogP contribution in [0.5, 0.6) is 0 Å². The Kier molecular flexibility index (Phi) is 4.65. The van der Waals surface area contributed by atoms with Gasteiger partial charge in [-0.3, -0.25) is 0 Å². The molecular formula is C16H26N2. The van der Waals surface area contributed by atoms with E-state index >= 15 is 0 Å². The number of nitrogens with zero attached hydrogens (tertiary/aromatic N) is 1. The lowest BCUT2D eigenvalue weighted by Crippen LogP contribution is -2.42. The predicted molar refractivity (Wildman–Crippen MR) is 79.2 cm³/mol. The summed E-state index contributed by atoms with van der Waals surface area (Å²) < 4.78 is 0. The molecule has 0 radical (unpaired) electrons. The molecule has 1 saturated heterocycles. The number of piperidine rings is 1. The highest BCUT2D eigenvalue weighted by atomic mass is 15.1. The Morgan fingerprint density at radius 1 is 1.28 bits per heavy atom. The second-order valence-electron chi connectivity index (χ2n) is 5.64. The van der Waals surface area contributed by atoms with Crippen molar-refractivity contribution < 1.29 is 0 Å². The van der Waals surface area contributed by atoms with Crippen molar-refractivity contribution in [1.29, 1.82) is 0 Å². The van der Waals surface area contributed by atoms with E-state index in [9.17, 15) is 0 Å². The van der Waals surface area contributed by atoms with Gasteiger partial charge in [-0.2, -0.15) is 0 Å². The number of hydrogen-bond donors (Lipinski definition) is 1. The Morgan fingerprint density at radius 3 is 2.61 bits per heavy atom. The molecule has 0 aliphatic carbocycles. The number of benzene rings is 1. The highest BCUT2D eigenvalue weighted by molar-refractivity contribution is 5.45. The third-order valence-corrected chi connectivity index (χ3v) is 4.07. The van der Waals surface area contributed by atoms with E-state index < -0.39 is 0 Å². The molecule has 2 atom stereocenters. The molecule has 2 unspecified atom stereocenters. The average Bonchev–Trinajstić information content (AvgIpc) is 2.37. The van der Waals surface area contributed by atoms with Crippen molar-refractivity contribution in [2.24, 2.45) is 0 Å². The second-order valence-corrected chi connectivity index (χ2v) is 5.64. The molecule has 2 rings (SSSR count). The van der Waals surface area contributed by atoms with Crippen LogP contribution in [-0.2, 0) is 6.42 Å². The molecule has 0 bridgehead atoms. The summed E-state index contributed by atoms with van der Waals surface area (Å²) in [6.07, 6.45) is 4.90. The lowest BCUT2D eigenvalue weighted by atomic mass is 9.98. The van der Waals surface area contributed by atoms with Gasteiger partial charge in [0.2, 0.25) is 0 Å². The van der Waals surface area contributed by atoms with Gasteiger partial charge in [-0.1, -0.05) is 25.5 Å². The van der Waals surface area contributed by atoms with E-state index in [0.717, 1.165) is 0 Å².